The number of carbonyl (C=O) groups excluding carboxylic acids is 2. The molecule has 34 heavy (non-hydrogen) atoms. The summed E-state index contributed by atoms with van der Waals surface area (Å²) in [5, 5.41) is 4.17. The quantitative estimate of drug-likeness (QED) is 0.541. The molecule has 0 fully saturated rings. The molecular weight excluding hydrogens is 477 g/mol. The zero-order chi connectivity index (χ0) is 24.6. The summed E-state index contributed by atoms with van der Waals surface area (Å²) < 4.78 is 15.9. The molecule has 2 aromatic rings. The van der Waals surface area contributed by atoms with Crippen LogP contribution < -0.4 is 14.8 Å². The van der Waals surface area contributed by atoms with E-state index in [2.05, 4.69) is 5.32 Å². The largest absolute Gasteiger partial charge is 0.493 e. The first-order valence-electron chi connectivity index (χ1n) is 10.8. The number of Topliss-reactive ketones (excluding diaryl/α,β-unsaturated/α-hetero) is 1. The molecular formula is C26H25Cl2NO5. The third-order valence-electron chi connectivity index (χ3n) is 6.39. The van der Waals surface area contributed by atoms with E-state index in [9.17, 15) is 9.59 Å². The predicted octanol–water partition coefficient (Wildman–Crippen LogP) is 5.55. The van der Waals surface area contributed by atoms with E-state index in [-0.39, 0.29) is 18.1 Å². The molecule has 6 nitrogen and oxygen atoms in total. The van der Waals surface area contributed by atoms with Gasteiger partial charge in [-0.05, 0) is 54.7 Å². The summed E-state index contributed by atoms with van der Waals surface area (Å²) >= 11 is 12.7. The second-order valence-electron chi connectivity index (χ2n) is 8.29. The van der Waals surface area contributed by atoms with Crippen molar-refractivity contribution in [3.05, 3.63) is 80.1 Å². The van der Waals surface area contributed by atoms with E-state index in [1.165, 1.54) is 7.11 Å². The van der Waals surface area contributed by atoms with Crippen LogP contribution in [0.15, 0.2) is 58.9 Å². The molecule has 0 aromatic heterocycles. The number of methoxy groups -OCH3 is 3. The number of dihydropyridines is 1. The lowest BCUT2D eigenvalue weighted by Crippen LogP contribution is -2.36. The molecule has 8 heteroatoms. The van der Waals surface area contributed by atoms with Crippen molar-refractivity contribution >= 4 is 35.0 Å². The number of rotatable bonds is 5. The van der Waals surface area contributed by atoms with Gasteiger partial charge in [-0.3, -0.25) is 4.79 Å². The molecule has 1 heterocycles. The van der Waals surface area contributed by atoms with Crippen molar-refractivity contribution in [1.29, 1.82) is 0 Å². The zero-order valence-corrected chi connectivity index (χ0v) is 20.8. The molecule has 0 saturated heterocycles. The van der Waals surface area contributed by atoms with E-state index in [1.54, 1.807) is 39.3 Å². The number of allylic oxidation sites excluding steroid dienone is 3. The van der Waals surface area contributed by atoms with E-state index in [1.807, 2.05) is 18.2 Å². The fourth-order valence-electron chi connectivity index (χ4n) is 4.81. The molecule has 0 saturated carbocycles. The van der Waals surface area contributed by atoms with Crippen molar-refractivity contribution in [2.24, 2.45) is 0 Å². The molecule has 0 amide bonds. The molecule has 1 aliphatic carbocycles. The lowest BCUT2D eigenvalue weighted by atomic mass is 9.71. The number of carbonyl (C=O) groups is 2. The molecule has 2 aliphatic rings. The number of ketones is 1. The Morgan fingerprint density at radius 1 is 1.00 bits per heavy atom. The third-order valence-corrected chi connectivity index (χ3v) is 6.95. The van der Waals surface area contributed by atoms with E-state index < -0.39 is 11.9 Å². The van der Waals surface area contributed by atoms with Crippen LogP contribution in [0.5, 0.6) is 11.5 Å². The Bertz CT molecular complexity index is 1230. The monoisotopic (exact) mass is 501 g/mol. The van der Waals surface area contributed by atoms with Crippen LogP contribution in [0.3, 0.4) is 0 Å². The summed E-state index contributed by atoms with van der Waals surface area (Å²) in [6.07, 6.45) is 0.870. The maximum absolute atomic E-state index is 13.6. The lowest BCUT2D eigenvalue weighted by Gasteiger charge is -2.37. The highest BCUT2D eigenvalue weighted by atomic mass is 35.5. The van der Waals surface area contributed by atoms with Gasteiger partial charge in [0, 0.05) is 39.4 Å². The van der Waals surface area contributed by atoms with Gasteiger partial charge in [0.15, 0.2) is 17.3 Å². The highest BCUT2D eigenvalue weighted by Crippen LogP contribution is 2.48. The van der Waals surface area contributed by atoms with Crippen LogP contribution in [0.25, 0.3) is 0 Å². The van der Waals surface area contributed by atoms with Crippen LogP contribution in [0, 0.1) is 0 Å². The predicted molar refractivity (Wildman–Crippen MR) is 131 cm³/mol. The lowest BCUT2D eigenvalue weighted by molar-refractivity contribution is -0.136. The van der Waals surface area contributed by atoms with Gasteiger partial charge in [-0.2, -0.15) is 0 Å². The highest BCUT2D eigenvalue weighted by Gasteiger charge is 2.42. The van der Waals surface area contributed by atoms with Crippen molar-refractivity contribution in [3.8, 4) is 11.5 Å². The molecule has 2 aromatic carbocycles. The average molecular weight is 502 g/mol. The fourth-order valence-corrected chi connectivity index (χ4v) is 5.33. The van der Waals surface area contributed by atoms with Crippen molar-refractivity contribution in [3.63, 3.8) is 0 Å². The number of ether oxygens (including phenoxy) is 3. The minimum absolute atomic E-state index is 0.0570. The fraction of sp³-hybridized carbons (Fsp3) is 0.308. The Kier molecular flexibility index (Phi) is 6.91. The molecule has 0 spiro atoms. The van der Waals surface area contributed by atoms with E-state index in [4.69, 9.17) is 37.4 Å². The van der Waals surface area contributed by atoms with E-state index in [0.717, 1.165) is 11.3 Å². The molecule has 1 N–H and O–H groups in total. The van der Waals surface area contributed by atoms with Gasteiger partial charge < -0.3 is 19.5 Å². The highest BCUT2D eigenvalue weighted by molar-refractivity contribution is 6.35. The van der Waals surface area contributed by atoms with Gasteiger partial charge in [0.1, 0.15) is 0 Å². The Labute approximate surface area is 208 Å². The van der Waals surface area contributed by atoms with Crippen molar-refractivity contribution < 1.29 is 23.8 Å². The number of hydrogen-bond donors (Lipinski definition) is 1. The SMILES string of the molecule is COC(=O)C1=C(C)NC2=C(C(=O)C[C@@H](c3ccc(OC)c(OC)c3)C2)[C@@H]1c1ccc(Cl)cc1Cl. The maximum atomic E-state index is 13.6. The van der Waals surface area contributed by atoms with Gasteiger partial charge >= 0.3 is 5.97 Å². The third kappa shape index (κ3) is 4.28. The van der Waals surface area contributed by atoms with Crippen LogP contribution in [-0.4, -0.2) is 33.1 Å². The van der Waals surface area contributed by atoms with Gasteiger partial charge in [0.25, 0.3) is 0 Å². The van der Waals surface area contributed by atoms with Crippen molar-refractivity contribution in [1.82, 2.24) is 5.32 Å². The van der Waals surface area contributed by atoms with E-state index >= 15 is 0 Å². The first kappa shape index (κ1) is 24.2. The van der Waals surface area contributed by atoms with Gasteiger partial charge in [0.2, 0.25) is 0 Å². The molecule has 0 unspecified atom stereocenters. The van der Waals surface area contributed by atoms with Gasteiger partial charge in [-0.25, -0.2) is 4.79 Å². The number of hydrogen-bond acceptors (Lipinski definition) is 6. The summed E-state index contributed by atoms with van der Waals surface area (Å²) in [6.45, 7) is 1.80. The van der Waals surface area contributed by atoms with Crippen molar-refractivity contribution in [2.75, 3.05) is 21.3 Å². The molecule has 2 atom stereocenters. The van der Waals surface area contributed by atoms with Crippen LogP contribution in [0.2, 0.25) is 10.0 Å². The molecule has 178 valence electrons. The Morgan fingerprint density at radius 2 is 1.74 bits per heavy atom. The molecule has 0 radical (unpaired) electrons. The number of halogens is 2. The van der Waals surface area contributed by atoms with Gasteiger partial charge in [-0.1, -0.05) is 35.3 Å². The normalized spacial score (nSPS) is 20.0. The summed E-state index contributed by atoms with van der Waals surface area (Å²) in [5.74, 6) is -0.0396. The van der Waals surface area contributed by atoms with Gasteiger partial charge in [0.05, 0.1) is 26.9 Å². The average Bonchev–Trinajstić information content (AvgIpc) is 2.82. The summed E-state index contributed by atoms with van der Waals surface area (Å²) in [7, 11) is 4.49. The summed E-state index contributed by atoms with van der Waals surface area (Å²) in [4.78, 5) is 26.4. The zero-order valence-electron chi connectivity index (χ0n) is 19.3. The van der Waals surface area contributed by atoms with Crippen LogP contribution in [0.1, 0.15) is 42.7 Å². The maximum Gasteiger partial charge on any atom is 0.336 e. The van der Waals surface area contributed by atoms with Crippen LogP contribution in [-0.2, 0) is 14.3 Å². The van der Waals surface area contributed by atoms with Gasteiger partial charge in [-0.15, -0.1) is 0 Å². The first-order chi connectivity index (χ1) is 16.3. The number of benzene rings is 2. The summed E-state index contributed by atoms with van der Waals surface area (Å²) in [5.41, 5.74) is 3.91. The van der Waals surface area contributed by atoms with Crippen LogP contribution in [0.4, 0.5) is 0 Å². The Balaban J connectivity index is 1.80. The molecule has 1 aliphatic heterocycles. The smallest absolute Gasteiger partial charge is 0.336 e. The summed E-state index contributed by atoms with van der Waals surface area (Å²) in [6, 6.07) is 10.8. The second kappa shape index (κ2) is 9.72. The molecule has 4 rings (SSSR count). The molecule has 0 bridgehead atoms. The standard InChI is InChI=1S/C26H25Cl2NO5/c1-13-23(26(31)34-4)24(17-7-6-16(27)12-18(17)28)25-19(29-13)9-15(10-20(25)30)14-5-8-21(32-2)22(11-14)33-3/h5-8,11-12,15,24,29H,9-10H2,1-4H3/t15-,24+/m0/s1. The minimum atomic E-state index is -0.646. The minimum Gasteiger partial charge on any atom is -0.493 e. The van der Waals surface area contributed by atoms with E-state index in [0.29, 0.717) is 50.4 Å². The Hall–Kier alpha value is -2.96. The first-order valence-corrected chi connectivity index (χ1v) is 11.5. The number of nitrogens with one attached hydrogen (secondary N) is 1. The second-order valence-corrected chi connectivity index (χ2v) is 9.13. The number of esters is 1. The van der Waals surface area contributed by atoms with Crippen LogP contribution >= 0.6 is 23.2 Å². The topological polar surface area (TPSA) is 73.9 Å². The van der Waals surface area contributed by atoms with Crippen molar-refractivity contribution in [2.45, 2.75) is 31.6 Å². The Morgan fingerprint density at radius 3 is 2.38 bits per heavy atom.